The molecule has 0 spiro atoms. The lowest BCUT2D eigenvalue weighted by molar-refractivity contribution is -0.137. The minimum atomic E-state index is -4.60. The molecule has 1 aliphatic rings. The van der Waals surface area contributed by atoms with Crippen LogP contribution in [0.2, 0.25) is 5.02 Å². The summed E-state index contributed by atoms with van der Waals surface area (Å²) in [7, 11) is -2.41. The number of hydrogen-bond donors (Lipinski definition) is 1. The Morgan fingerprint density at radius 3 is 2.44 bits per heavy atom. The lowest BCUT2D eigenvalue weighted by Gasteiger charge is -2.29. The Morgan fingerprint density at radius 1 is 1.12 bits per heavy atom. The zero-order valence-corrected chi connectivity index (χ0v) is 18.9. The summed E-state index contributed by atoms with van der Waals surface area (Å²) in [6.07, 6.45) is -2.37. The lowest BCUT2D eigenvalue weighted by Crippen LogP contribution is -2.38. The first kappa shape index (κ1) is 24.4. The molecule has 0 aromatic heterocycles. The molecule has 1 aliphatic carbocycles. The number of alkyl halides is 3. The second-order valence-corrected chi connectivity index (χ2v) is 10.3. The van der Waals surface area contributed by atoms with Crippen molar-refractivity contribution < 1.29 is 31.1 Å². The number of benzene rings is 2. The van der Waals surface area contributed by atoms with E-state index in [4.69, 9.17) is 16.3 Å². The van der Waals surface area contributed by atoms with Gasteiger partial charge in [-0.1, -0.05) is 17.7 Å². The molecule has 2 aromatic carbocycles. The van der Waals surface area contributed by atoms with Crippen molar-refractivity contribution in [1.29, 1.82) is 0 Å². The second kappa shape index (κ2) is 9.70. The van der Waals surface area contributed by atoms with E-state index in [1.54, 1.807) is 18.2 Å². The maximum atomic E-state index is 12.9. The standard InChI is InChI=1S/C22H23ClF3NO4S/c1-31-20-12-16(23)7-10-19(20)21(28)27-17-8-5-14(6-9-17)13-32(29,30)18-4-2-3-15(11-18)22(24,25)26/h2-4,7,10-12,14,17H,5-6,8-9,13H2,1H3,(H,27,28)/t14-,17+. The zero-order valence-electron chi connectivity index (χ0n) is 17.3. The van der Waals surface area contributed by atoms with Crippen molar-refractivity contribution in [3.63, 3.8) is 0 Å². The summed E-state index contributed by atoms with van der Waals surface area (Å²) >= 11 is 5.92. The third kappa shape index (κ3) is 5.95. The fraction of sp³-hybridized carbons (Fsp3) is 0.409. The highest BCUT2D eigenvalue weighted by Crippen LogP contribution is 2.32. The van der Waals surface area contributed by atoms with Gasteiger partial charge in [-0.05, 0) is 68.0 Å². The fourth-order valence-electron chi connectivity index (χ4n) is 3.86. The lowest BCUT2D eigenvalue weighted by atomic mass is 9.87. The van der Waals surface area contributed by atoms with Crippen LogP contribution in [0.1, 0.15) is 41.6 Å². The van der Waals surface area contributed by atoms with Crippen molar-refractivity contribution in [3.05, 3.63) is 58.6 Å². The molecule has 1 saturated carbocycles. The number of amides is 1. The van der Waals surface area contributed by atoms with Crippen molar-refractivity contribution in [2.75, 3.05) is 12.9 Å². The van der Waals surface area contributed by atoms with Gasteiger partial charge in [-0.3, -0.25) is 4.79 Å². The van der Waals surface area contributed by atoms with Crippen molar-refractivity contribution in [2.24, 2.45) is 5.92 Å². The molecule has 0 heterocycles. The van der Waals surface area contributed by atoms with Gasteiger partial charge < -0.3 is 10.1 Å². The Hall–Kier alpha value is -2.26. The van der Waals surface area contributed by atoms with Gasteiger partial charge in [0.05, 0.1) is 28.9 Å². The molecule has 10 heteroatoms. The van der Waals surface area contributed by atoms with Crippen LogP contribution in [-0.4, -0.2) is 33.2 Å². The minimum Gasteiger partial charge on any atom is -0.496 e. The van der Waals surface area contributed by atoms with Crippen LogP contribution in [0.4, 0.5) is 13.2 Å². The topological polar surface area (TPSA) is 72.5 Å². The molecule has 5 nitrogen and oxygen atoms in total. The van der Waals surface area contributed by atoms with E-state index < -0.39 is 21.6 Å². The van der Waals surface area contributed by atoms with Crippen molar-refractivity contribution in [2.45, 2.75) is 42.8 Å². The number of sulfone groups is 1. The van der Waals surface area contributed by atoms with E-state index in [1.165, 1.54) is 13.2 Å². The predicted molar refractivity (Wildman–Crippen MR) is 115 cm³/mol. The smallest absolute Gasteiger partial charge is 0.416 e. The molecule has 0 bridgehead atoms. The average molecular weight is 490 g/mol. The normalized spacial score (nSPS) is 19.4. The van der Waals surface area contributed by atoms with E-state index in [0.717, 1.165) is 12.1 Å². The summed E-state index contributed by atoms with van der Waals surface area (Å²) in [5.41, 5.74) is -0.631. The largest absolute Gasteiger partial charge is 0.496 e. The Labute approximate surface area is 189 Å². The molecule has 0 atom stereocenters. The summed E-state index contributed by atoms with van der Waals surface area (Å²) in [5, 5.41) is 3.38. The minimum absolute atomic E-state index is 0.129. The highest BCUT2D eigenvalue weighted by atomic mass is 35.5. The van der Waals surface area contributed by atoms with E-state index in [-0.39, 0.29) is 28.5 Å². The van der Waals surface area contributed by atoms with Crippen LogP contribution in [0.3, 0.4) is 0 Å². The molecular weight excluding hydrogens is 467 g/mol. The third-order valence-corrected chi connectivity index (χ3v) is 7.68. The van der Waals surface area contributed by atoms with E-state index >= 15 is 0 Å². The molecule has 3 rings (SSSR count). The Morgan fingerprint density at radius 2 is 1.81 bits per heavy atom. The van der Waals surface area contributed by atoms with Crippen LogP contribution in [0.5, 0.6) is 5.75 Å². The first-order valence-corrected chi connectivity index (χ1v) is 12.1. The molecule has 1 amide bonds. The summed E-state index contributed by atoms with van der Waals surface area (Å²) in [6, 6.07) is 8.41. The van der Waals surface area contributed by atoms with Crippen LogP contribution in [-0.2, 0) is 16.0 Å². The van der Waals surface area contributed by atoms with E-state index in [0.29, 0.717) is 48.1 Å². The summed E-state index contributed by atoms with van der Waals surface area (Å²) in [6.45, 7) is 0. The van der Waals surface area contributed by atoms with E-state index in [9.17, 15) is 26.4 Å². The quantitative estimate of drug-likeness (QED) is 0.610. The monoisotopic (exact) mass is 489 g/mol. The van der Waals surface area contributed by atoms with Gasteiger partial charge in [0, 0.05) is 11.1 Å². The van der Waals surface area contributed by atoms with Gasteiger partial charge in [0.2, 0.25) is 0 Å². The Bertz CT molecular complexity index is 1080. The molecule has 2 aromatic rings. The third-order valence-electron chi connectivity index (χ3n) is 5.57. The second-order valence-electron chi connectivity index (χ2n) is 7.84. The first-order chi connectivity index (χ1) is 15.0. The number of rotatable bonds is 6. The number of nitrogens with one attached hydrogen (secondary N) is 1. The molecule has 0 radical (unpaired) electrons. The molecule has 174 valence electrons. The highest BCUT2D eigenvalue weighted by Gasteiger charge is 2.33. The van der Waals surface area contributed by atoms with Crippen LogP contribution in [0, 0.1) is 5.92 Å². The van der Waals surface area contributed by atoms with E-state index in [2.05, 4.69) is 5.32 Å². The molecule has 32 heavy (non-hydrogen) atoms. The molecule has 1 fully saturated rings. The van der Waals surface area contributed by atoms with Gasteiger partial charge in [0.1, 0.15) is 5.75 Å². The average Bonchev–Trinajstić information content (AvgIpc) is 2.74. The number of ether oxygens (including phenoxy) is 1. The number of carbonyl (C=O) groups is 1. The van der Waals surface area contributed by atoms with Crippen LogP contribution in [0.15, 0.2) is 47.4 Å². The van der Waals surface area contributed by atoms with Crippen LogP contribution < -0.4 is 10.1 Å². The SMILES string of the molecule is COc1cc(Cl)ccc1C(=O)N[C@H]1CC[C@@H](CS(=O)(=O)c2cccc(C(F)(F)F)c2)CC1. The number of methoxy groups -OCH3 is 1. The van der Waals surface area contributed by atoms with E-state index in [1.807, 2.05) is 0 Å². The Kier molecular flexibility index (Phi) is 7.39. The van der Waals surface area contributed by atoms with Gasteiger partial charge >= 0.3 is 6.18 Å². The van der Waals surface area contributed by atoms with Gasteiger partial charge in [-0.25, -0.2) is 8.42 Å². The predicted octanol–water partition coefficient (Wildman–Crippen LogP) is 5.13. The molecular formula is C22H23ClF3NO4S. The molecule has 0 aliphatic heterocycles. The number of halogens is 4. The van der Waals surface area contributed by atoms with Gasteiger partial charge in [-0.2, -0.15) is 13.2 Å². The van der Waals surface area contributed by atoms with Crippen molar-refractivity contribution in [1.82, 2.24) is 5.32 Å². The molecule has 0 saturated heterocycles. The van der Waals surface area contributed by atoms with Gasteiger partial charge in [-0.15, -0.1) is 0 Å². The van der Waals surface area contributed by atoms with Gasteiger partial charge in [0.25, 0.3) is 5.91 Å². The number of hydrogen-bond acceptors (Lipinski definition) is 4. The maximum Gasteiger partial charge on any atom is 0.416 e. The number of carbonyl (C=O) groups excluding carboxylic acids is 1. The van der Waals surface area contributed by atoms with Crippen molar-refractivity contribution >= 4 is 27.3 Å². The highest BCUT2D eigenvalue weighted by molar-refractivity contribution is 7.91. The summed E-state index contributed by atoms with van der Waals surface area (Å²) in [5.74, 6) is -0.359. The summed E-state index contributed by atoms with van der Waals surface area (Å²) in [4.78, 5) is 12.3. The Balaban J connectivity index is 1.59. The van der Waals surface area contributed by atoms with Gasteiger partial charge in [0.15, 0.2) is 9.84 Å². The zero-order chi connectivity index (χ0) is 23.5. The molecule has 0 unspecified atom stereocenters. The fourth-order valence-corrected chi connectivity index (χ4v) is 5.76. The first-order valence-electron chi connectivity index (χ1n) is 10.0. The van der Waals surface area contributed by atoms with Crippen LogP contribution in [0.25, 0.3) is 0 Å². The maximum absolute atomic E-state index is 12.9. The molecule has 1 N–H and O–H groups in total. The summed E-state index contributed by atoms with van der Waals surface area (Å²) < 4.78 is 69.2. The van der Waals surface area contributed by atoms with Crippen LogP contribution >= 0.6 is 11.6 Å². The van der Waals surface area contributed by atoms with Crippen molar-refractivity contribution in [3.8, 4) is 5.75 Å².